The number of hydrogen-bond donors (Lipinski definition) is 3. The lowest BCUT2D eigenvalue weighted by atomic mass is 10.1. The number of nitrogens with two attached hydrogens (primary N) is 1. The summed E-state index contributed by atoms with van der Waals surface area (Å²) in [5, 5.41) is 3.33. The minimum atomic E-state index is -4.26. The number of benzene rings is 1. The van der Waals surface area contributed by atoms with Crippen LogP contribution in [-0.4, -0.2) is 72.3 Å². The van der Waals surface area contributed by atoms with Gasteiger partial charge in [-0.05, 0) is 55.0 Å². The molecule has 3 aliphatic heterocycles. The molecule has 4 amide bonds. The van der Waals surface area contributed by atoms with Crippen LogP contribution in [0, 0.1) is 5.92 Å². The largest absolute Gasteiger partial charge is 0.444 e. The summed E-state index contributed by atoms with van der Waals surface area (Å²) < 4.78 is 34.0. The molecule has 5 atom stereocenters. The van der Waals surface area contributed by atoms with Crippen LogP contribution in [0.5, 0.6) is 0 Å². The molecular weight excluding hydrogens is 689 g/mol. The van der Waals surface area contributed by atoms with Crippen LogP contribution < -0.4 is 15.8 Å². The van der Waals surface area contributed by atoms with Crippen LogP contribution in [-0.2, 0) is 42.2 Å². The number of amides is 4. The van der Waals surface area contributed by atoms with Crippen molar-refractivity contribution >= 4 is 68.4 Å². The van der Waals surface area contributed by atoms with Gasteiger partial charge in [0.25, 0.3) is 15.9 Å². The first-order valence-electron chi connectivity index (χ1n) is 15.5. The molecule has 0 radical (unpaired) electrons. The molecule has 16 heteroatoms. The maximum absolute atomic E-state index is 14.0. The van der Waals surface area contributed by atoms with Crippen molar-refractivity contribution in [3.8, 4) is 0 Å². The number of hydrogen-bond acceptors (Lipinski definition) is 9. The van der Waals surface area contributed by atoms with Gasteiger partial charge in [-0.25, -0.2) is 17.9 Å². The molecule has 1 saturated heterocycles. The van der Waals surface area contributed by atoms with E-state index >= 15 is 0 Å². The molecule has 0 spiro atoms. The Hall–Kier alpha value is -3.17. The Balaban J connectivity index is 1.21. The SMILES string of the molecule is NC1CCCCC/C=C\[C@H]2C[C@@]2(C(=O)NS(=O)(=O)c2ccc(Cl)s2)NC(=O)[C@@H]2C[C@@H](OC(=O)N3Cc4cccc(Cl)c4C3)CN2C1=O. The number of ether oxygens (including phenoxy) is 1. The van der Waals surface area contributed by atoms with Crippen molar-refractivity contribution in [2.24, 2.45) is 11.7 Å². The first-order valence-corrected chi connectivity index (χ1v) is 18.5. The maximum atomic E-state index is 14.0. The second-order valence-electron chi connectivity index (χ2n) is 12.4. The first kappa shape index (κ1) is 33.7. The molecule has 252 valence electrons. The van der Waals surface area contributed by atoms with E-state index in [1.165, 1.54) is 21.9 Å². The second kappa shape index (κ2) is 13.4. The fraction of sp³-hybridized carbons (Fsp3) is 0.484. The Bertz CT molecular complexity index is 1730. The van der Waals surface area contributed by atoms with Crippen LogP contribution in [0.1, 0.15) is 56.1 Å². The number of allylic oxidation sites excluding steroid dienone is 1. The van der Waals surface area contributed by atoms with E-state index < -0.39 is 63.5 Å². The Kier molecular flexibility index (Phi) is 9.60. The highest BCUT2D eigenvalue weighted by atomic mass is 35.5. The lowest BCUT2D eigenvalue weighted by molar-refractivity contribution is -0.140. The molecule has 2 fully saturated rings. The highest BCUT2D eigenvalue weighted by Crippen LogP contribution is 2.46. The van der Waals surface area contributed by atoms with Crippen LogP contribution in [0.4, 0.5) is 4.79 Å². The van der Waals surface area contributed by atoms with E-state index in [1.54, 1.807) is 6.07 Å². The van der Waals surface area contributed by atoms with E-state index in [-0.39, 0.29) is 34.5 Å². The number of sulfonamides is 1. The number of carbonyl (C=O) groups is 4. The molecule has 4 heterocycles. The van der Waals surface area contributed by atoms with Gasteiger partial charge in [0.1, 0.15) is 21.9 Å². The molecule has 47 heavy (non-hydrogen) atoms. The summed E-state index contributed by atoms with van der Waals surface area (Å²) in [5.74, 6) is -2.48. The van der Waals surface area contributed by atoms with E-state index in [0.717, 1.165) is 35.3 Å². The second-order valence-corrected chi connectivity index (χ2v) is 16.5. The van der Waals surface area contributed by atoms with Crippen LogP contribution in [0.2, 0.25) is 9.36 Å². The van der Waals surface area contributed by atoms with Crippen molar-refractivity contribution < 1.29 is 32.3 Å². The zero-order chi connectivity index (χ0) is 33.5. The van der Waals surface area contributed by atoms with Crippen molar-refractivity contribution in [3.05, 3.63) is 63.0 Å². The number of thiophene rings is 1. The Morgan fingerprint density at radius 2 is 1.91 bits per heavy atom. The van der Waals surface area contributed by atoms with Gasteiger partial charge in [-0.15, -0.1) is 11.3 Å². The van der Waals surface area contributed by atoms with Gasteiger partial charge in [-0.3, -0.25) is 19.3 Å². The molecule has 4 aliphatic rings. The topological polar surface area (TPSA) is 168 Å². The first-order chi connectivity index (χ1) is 22.4. The Morgan fingerprint density at radius 3 is 2.66 bits per heavy atom. The molecule has 1 unspecified atom stereocenters. The van der Waals surface area contributed by atoms with Crippen LogP contribution >= 0.6 is 34.5 Å². The number of fused-ring (bicyclic) bond motifs is 3. The summed E-state index contributed by atoms with van der Waals surface area (Å²) in [6.45, 7) is 0.519. The van der Waals surface area contributed by atoms with Gasteiger partial charge >= 0.3 is 6.09 Å². The van der Waals surface area contributed by atoms with E-state index in [0.29, 0.717) is 30.8 Å². The quantitative estimate of drug-likeness (QED) is 0.402. The zero-order valence-corrected chi connectivity index (χ0v) is 28.5. The zero-order valence-electron chi connectivity index (χ0n) is 25.3. The van der Waals surface area contributed by atoms with Crippen LogP contribution in [0.3, 0.4) is 0 Å². The monoisotopic (exact) mass is 723 g/mol. The van der Waals surface area contributed by atoms with Gasteiger partial charge in [0.05, 0.1) is 23.5 Å². The average molecular weight is 725 g/mol. The molecule has 4 N–H and O–H groups in total. The van der Waals surface area contributed by atoms with E-state index in [9.17, 15) is 27.6 Å². The number of nitrogens with zero attached hydrogens (tertiary/aromatic N) is 2. The summed E-state index contributed by atoms with van der Waals surface area (Å²) in [5.41, 5.74) is 6.49. The van der Waals surface area contributed by atoms with Gasteiger partial charge in [0.2, 0.25) is 11.8 Å². The molecule has 1 aliphatic carbocycles. The Morgan fingerprint density at radius 1 is 1.11 bits per heavy atom. The van der Waals surface area contributed by atoms with E-state index in [4.69, 9.17) is 33.7 Å². The third kappa shape index (κ3) is 7.02. The predicted molar refractivity (Wildman–Crippen MR) is 175 cm³/mol. The van der Waals surface area contributed by atoms with Crippen LogP contribution in [0.25, 0.3) is 0 Å². The van der Waals surface area contributed by atoms with Crippen molar-refractivity contribution in [2.45, 2.75) is 86.0 Å². The van der Waals surface area contributed by atoms with Crippen molar-refractivity contribution in [3.63, 3.8) is 0 Å². The smallest absolute Gasteiger partial charge is 0.410 e. The van der Waals surface area contributed by atoms with Gasteiger partial charge in [-0.2, -0.15) is 0 Å². The van der Waals surface area contributed by atoms with Gasteiger partial charge in [-0.1, -0.05) is 60.3 Å². The minimum absolute atomic E-state index is 0.0260. The summed E-state index contributed by atoms with van der Waals surface area (Å²) in [4.78, 5) is 57.2. The summed E-state index contributed by atoms with van der Waals surface area (Å²) >= 11 is 13.0. The lowest BCUT2D eigenvalue weighted by Crippen LogP contribution is -2.57. The van der Waals surface area contributed by atoms with E-state index in [2.05, 4.69) is 10.0 Å². The lowest BCUT2D eigenvalue weighted by Gasteiger charge is -2.28. The van der Waals surface area contributed by atoms with Crippen molar-refractivity contribution in [1.29, 1.82) is 0 Å². The molecule has 1 aromatic carbocycles. The summed E-state index contributed by atoms with van der Waals surface area (Å²) in [7, 11) is -4.26. The molecule has 1 aromatic heterocycles. The molecular formula is C31H35Cl2N5O7S2. The van der Waals surface area contributed by atoms with Gasteiger partial charge in [0.15, 0.2) is 0 Å². The predicted octanol–water partition coefficient (Wildman–Crippen LogP) is 3.70. The Labute approximate surface area is 286 Å². The number of rotatable bonds is 4. The standard InChI is InChI=1S/C31H35Cl2N5O7S2/c32-22-9-6-7-18-15-37(17-21(18)22)30(42)45-20-13-24-27(39)35-31(29(41)36-47(43,44)26-12-11-25(33)46-26)14-19(31)8-4-2-1-3-5-10-23(34)28(40)38(24)16-20/h4,6-9,11-12,19-20,23-24H,1-3,5,10,13-17,34H2,(H,35,39)(H,36,41)/b8-4-/t19-,20+,23?,24-,31+/m0/s1. The van der Waals surface area contributed by atoms with Crippen molar-refractivity contribution in [2.75, 3.05) is 6.54 Å². The molecule has 6 rings (SSSR count). The normalized spacial score (nSPS) is 28.7. The fourth-order valence-corrected chi connectivity index (χ4v) is 9.27. The van der Waals surface area contributed by atoms with Crippen molar-refractivity contribution in [1.82, 2.24) is 19.8 Å². The summed E-state index contributed by atoms with van der Waals surface area (Å²) in [6.07, 6.45) is 5.96. The number of nitrogens with one attached hydrogen (secondary N) is 2. The average Bonchev–Trinajstić information content (AvgIpc) is 3.41. The van der Waals surface area contributed by atoms with Gasteiger partial charge < -0.3 is 20.7 Å². The fourth-order valence-electron chi connectivity index (χ4n) is 6.49. The third-order valence-electron chi connectivity index (χ3n) is 9.18. The van der Waals surface area contributed by atoms with Gasteiger partial charge in [0, 0.05) is 23.9 Å². The third-order valence-corrected chi connectivity index (χ3v) is 12.6. The van der Waals surface area contributed by atoms with E-state index in [1.807, 2.05) is 24.3 Å². The minimum Gasteiger partial charge on any atom is -0.444 e. The highest BCUT2D eigenvalue weighted by molar-refractivity contribution is 7.92. The molecule has 12 nitrogen and oxygen atoms in total. The molecule has 2 aromatic rings. The van der Waals surface area contributed by atoms with Crippen LogP contribution in [0.15, 0.2) is 46.7 Å². The highest BCUT2D eigenvalue weighted by Gasteiger charge is 2.61. The number of halogens is 2. The maximum Gasteiger partial charge on any atom is 0.410 e. The molecule has 1 saturated carbocycles. The number of carbonyl (C=O) groups excluding carboxylic acids is 4. The molecule has 0 bridgehead atoms. The summed E-state index contributed by atoms with van der Waals surface area (Å²) in [6, 6.07) is 6.18.